The summed E-state index contributed by atoms with van der Waals surface area (Å²) < 4.78 is 52.9. The van der Waals surface area contributed by atoms with Gasteiger partial charge in [-0.05, 0) is 94.8 Å². The number of piperidine rings is 1. The number of halogens is 1. The minimum Gasteiger partial charge on any atom is -0.457 e. The van der Waals surface area contributed by atoms with E-state index < -0.39 is 40.1 Å². The highest BCUT2D eigenvalue weighted by molar-refractivity contribution is 7.88. The van der Waals surface area contributed by atoms with Gasteiger partial charge < -0.3 is 29.3 Å². The first-order chi connectivity index (χ1) is 23.5. The summed E-state index contributed by atoms with van der Waals surface area (Å²) in [7, 11) is -1.25. The van der Waals surface area contributed by atoms with E-state index in [-0.39, 0.29) is 36.4 Å². The van der Waals surface area contributed by atoms with Gasteiger partial charge in [0.1, 0.15) is 18.0 Å². The second kappa shape index (κ2) is 17.5. The number of hydrogen-bond acceptors (Lipinski definition) is 9. The maximum absolute atomic E-state index is 15.2. The number of esters is 1. The number of hydrogen-bond donors (Lipinski definition) is 1. The normalized spacial score (nSPS) is 28.0. The molecule has 0 unspecified atom stereocenters. The predicted molar refractivity (Wildman–Crippen MR) is 194 cm³/mol. The Morgan fingerprint density at radius 1 is 1.04 bits per heavy atom. The Labute approximate surface area is 298 Å². The fraction of sp³-hybridized carbons (Fsp3) is 0.676. The molecule has 0 saturated carbocycles. The summed E-state index contributed by atoms with van der Waals surface area (Å²) in [5, 5.41) is 10.7. The van der Waals surface area contributed by atoms with Crippen LogP contribution in [0.15, 0.2) is 35.9 Å². The van der Waals surface area contributed by atoms with Gasteiger partial charge in [0.05, 0.1) is 18.8 Å². The summed E-state index contributed by atoms with van der Waals surface area (Å²) in [5.74, 6) is -1.35. The number of benzene rings is 1. The van der Waals surface area contributed by atoms with Crippen LogP contribution in [0.3, 0.4) is 0 Å². The SMILES string of the molecule is C/C(=C\c1cc(F)cc(N(C(C)C)C2CCN(S(C)(=O)=O)CC2)c1)[C@H]1OC(=O)C[C@@H](O)CC[C@@H](C)[C@H](OC(=O)N2CCN(C)CC2)/C=C/[C@@H]1C. The number of amides is 1. The third kappa shape index (κ3) is 11.0. The topological polar surface area (TPSA) is 120 Å². The van der Waals surface area contributed by atoms with Crippen LogP contribution in [0.2, 0.25) is 0 Å². The van der Waals surface area contributed by atoms with Crippen molar-refractivity contribution in [3.8, 4) is 0 Å². The molecule has 3 aliphatic heterocycles. The van der Waals surface area contributed by atoms with Crippen molar-refractivity contribution < 1.29 is 37.0 Å². The number of anilines is 1. The quantitative estimate of drug-likeness (QED) is 0.310. The number of aliphatic hydroxyl groups excluding tert-OH is 1. The van der Waals surface area contributed by atoms with E-state index in [2.05, 4.69) is 9.80 Å². The van der Waals surface area contributed by atoms with Gasteiger partial charge in [-0.15, -0.1) is 0 Å². The van der Waals surface area contributed by atoms with Crippen molar-refractivity contribution in [2.24, 2.45) is 11.8 Å². The van der Waals surface area contributed by atoms with Crippen LogP contribution >= 0.6 is 0 Å². The molecule has 0 aliphatic carbocycles. The lowest BCUT2D eigenvalue weighted by molar-refractivity contribution is -0.151. The molecule has 50 heavy (non-hydrogen) atoms. The molecule has 5 atom stereocenters. The largest absolute Gasteiger partial charge is 0.457 e. The van der Waals surface area contributed by atoms with Gasteiger partial charge in [0.25, 0.3) is 0 Å². The molecular formula is C37H57FN4O7S. The maximum atomic E-state index is 15.2. The lowest BCUT2D eigenvalue weighted by atomic mass is 9.91. The first kappa shape index (κ1) is 39.8. The van der Waals surface area contributed by atoms with Crippen LogP contribution in [-0.4, -0.2) is 123 Å². The van der Waals surface area contributed by atoms with E-state index in [1.54, 1.807) is 4.90 Å². The molecule has 0 aromatic heterocycles. The lowest BCUT2D eigenvalue weighted by Gasteiger charge is -2.41. The number of aliphatic hydroxyl groups is 1. The molecule has 1 N–H and O–H groups in total. The van der Waals surface area contributed by atoms with Gasteiger partial charge in [-0.2, -0.15) is 0 Å². The summed E-state index contributed by atoms with van der Waals surface area (Å²) in [4.78, 5) is 32.2. The fourth-order valence-corrected chi connectivity index (χ4v) is 8.06. The molecular weight excluding hydrogens is 663 g/mol. The van der Waals surface area contributed by atoms with E-state index in [0.29, 0.717) is 68.7 Å². The monoisotopic (exact) mass is 720 g/mol. The molecule has 11 nitrogen and oxygen atoms in total. The van der Waals surface area contributed by atoms with Crippen LogP contribution in [0.25, 0.3) is 6.08 Å². The summed E-state index contributed by atoms with van der Waals surface area (Å²) in [6, 6.07) is 4.93. The Hall–Kier alpha value is -3.00. The number of sulfonamides is 1. The maximum Gasteiger partial charge on any atom is 0.410 e. The molecule has 1 aromatic rings. The third-order valence-electron chi connectivity index (χ3n) is 10.1. The van der Waals surface area contributed by atoms with Crippen LogP contribution in [0.5, 0.6) is 0 Å². The van der Waals surface area contributed by atoms with E-state index in [1.165, 1.54) is 22.7 Å². The molecule has 4 rings (SSSR count). The van der Waals surface area contributed by atoms with Crippen LogP contribution < -0.4 is 4.90 Å². The number of ether oxygens (including phenoxy) is 2. The molecule has 0 spiro atoms. The number of piperazine rings is 1. The van der Waals surface area contributed by atoms with Gasteiger partial charge >= 0.3 is 12.1 Å². The van der Waals surface area contributed by atoms with Gasteiger partial charge in [-0.3, -0.25) is 4.79 Å². The highest BCUT2D eigenvalue weighted by Gasteiger charge is 2.32. The van der Waals surface area contributed by atoms with Crippen molar-refractivity contribution >= 4 is 33.8 Å². The molecule has 1 aromatic carbocycles. The Morgan fingerprint density at radius 3 is 2.32 bits per heavy atom. The third-order valence-corrected chi connectivity index (χ3v) is 11.4. The van der Waals surface area contributed by atoms with E-state index in [9.17, 15) is 23.1 Å². The minimum atomic E-state index is -3.27. The second-order valence-corrected chi connectivity index (χ2v) is 16.7. The van der Waals surface area contributed by atoms with Gasteiger partial charge in [0, 0.05) is 63.0 Å². The van der Waals surface area contributed by atoms with Crippen molar-refractivity contribution in [1.82, 2.24) is 14.1 Å². The van der Waals surface area contributed by atoms with Crippen LogP contribution in [0.4, 0.5) is 14.9 Å². The zero-order valence-corrected chi connectivity index (χ0v) is 31.6. The zero-order chi connectivity index (χ0) is 36.7. The van der Waals surface area contributed by atoms with Crippen LogP contribution in [0, 0.1) is 17.7 Å². The minimum absolute atomic E-state index is 0.0362. The number of likely N-dealkylation sites (N-methyl/N-ethyl adjacent to an activating group) is 1. The Bertz CT molecular complexity index is 1490. The Kier molecular flexibility index (Phi) is 13.9. The van der Waals surface area contributed by atoms with Gasteiger partial charge in [0.2, 0.25) is 10.0 Å². The average molecular weight is 721 g/mol. The summed E-state index contributed by atoms with van der Waals surface area (Å²) >= 11 is 0. The van der Waals surface area contributed by atoms with Crippen LogP contribution in [-0.2, 0) is 24.3 Å². The Balaban J connectivity index is 1.58. The average Bonchev–Trinajstić information content (AvgIpc) is 3.03. The molecule has 0 bridgehead atoms. The zero-order valence-electron chi connectivity index (χ0n) is 30.8. The van der Waals surface area contributed by atoms with E-state index in [4.69, 9.17) is 9.47 Å². The summed E-state index contributed by atoms with van der Waals surface area (Å²) in [6.07, 6.45) is 6.30. The van der Waals surface area contributed by atoms with Gasteiger partial charge in [0.15, 0.2) is 0 Å². The number of cyclic esters (lactones) is 1. The first-order valence-corrected chi connectivity index (χ1v) is 19.8. The van der Waals surface area contributed by atoms with Crippen molar-refractivity contribution in [3.05, 3.63) is 47.3 Å². The first-order valence-electron chi connectivity index (χ1n) is 17.9. The molecule has 2 fully saturated rings. The predicted octanol–water partition coefficient (Wildman–Crippen LogP) is 4.91. The molecule has 0 radical (unpaired) electrons. The van der Waals surface area contributed by atoms with Crippen molar-refractivity contribution in [2.75, 3.05) is 57.5 Å². The number of carbonyl (C=O) groups is 2. The molecule has 1 amide bonds. The van der Waals surface area contributed by atoms with Crippen molar-refractivity contribution in [2.45, 2.75) is 97.1 Å². The standard InChI is InChI=1S/C37H57FN4O7S/c1-25(2)42(31-12-14-41(15-13-31)50(7,46)47)32-22-29(21-30(38)23-32)20-28(5)36-27(4)9-11-34(26(3)8-10-33(43)24-35(44)49-36)48-37(45)40-18-16-39(6)17-19-40/h9,11,20-23,25-27,31,33-34,36,43H,8,10,12-19,24H2,1-7H3/b11-9+,28-20+/t26-,27+,33+,34-,36+/m1/s1. The smallest absolute Gasteiger partial charge is 0.410 e. The van der Waals surface area contributed by atoms with Crippen molar-refractivity contribution in [3.63, 3.8) is 0 Å². The molecule has 3 heterocycles. The molecule has 280 valence electrons. The Morgan fingerprint density at radius 2 is 1.70 bits per heavy atom. The molecule has 13 heteroatoms. The summed E-state index contributed by atoms with van der Waals surface area (Å²) in [6.45, 7) is 13.4. The fourth-order valence-electron chi connectivity index (χ4n) is 7.19. The van der Waals surface area contributed by atoms with Crippen LogP contribution in [0.1, 0.15) is 72.3 Å². The van der Waals surface area contributed by atoms with E-state index in [1.807, 2.05) is 66.0 Å². The number of carbonyl (C=O) groups excluding carboxylic acids is 2. The van der Waals surface area contributed by atoms with E-state index >= 15 is 4.39 Å². The second-order valence-electron chi connectivity index (χ2n) is 14.7. The number of rotatable bonds is 7. The van der Waals surface area contributed by atoms with Crippen molar-refractivity contribution in [1.29, 1.82) is 0 Å². The molecule has 2 saturated heterocycles. The highest BCUT2D eigenvalue weighted by Crippen LogP contribution is 2.31. The molecule has 3 aliphatic rings. The van der Waals surface area contributed by atoms with Gasteiger partial charge in [-0.1, -0.05) is 26.0 Å². The van der Waals surface area contributed by atoms with E-state index in [0.717, 1.165) is 13.1 Å². The lowest BCUT2D eigenvalue weighted by Crippen LogP contribution is -2.49. The number of nitrogens with zero attached hydrogens (tertiary/aromatic N) is 4. The van der Waals surface area contributed by atoms with Gasteiger partial charge in [-0.25, -0.2) is 21.9 Å². The summed E-state index contributed by atoms with van der Waals surface area (Å²) in [5.41, 5.74) is 1.99. The highest BCUT2D eigenvalue weighted by atomic mass is 32.2.